The Bertz CT molecular complexity index is 694. The number of carbonyl (C=O) groups is 1. The predicted molar refractivity (Wildman–Crippen MR) is 96.1 cm³/mol. The first-order valence-corrected chi connectivity index (χ1v) is 8.29. The third-order valence-corrected chi connectivity index (χ3v) is 3.78. The SMILES string of the molecule is C[C@H](OCc1ccccc1)C(C[N+](=O)[O-])NC(=O)OCc1ccccc1. The zero-order chi connectivity index (χ0) is 18.8. The predicted octanol–water partition coefficient (Wildman–Crippen LogP) is 3.16. The van der Waals surface area contributed by atoms with Gasteiger partial charge in [-0.25, -0.2) is 4.79 Å². The van der Waals surface area contributed by atoms with Crippen molar-refractivity contribution in [3.05, 3.63) is 81.9 Å². The molecular formula is C19H22N2O5. The summed E-state index contributed by atoms with van der Waals surface area (Å²) >= 11 is 0. The number of ether oxygens (including phenoxy) is 2. The number of hydrogen-bond donors (Lipinski definition) is 1. The fraction of sp³-hybridized carbons (Fsp3) is 0.316. The lowest BCUT2D eigenvalue weighted by Crippen LogP contribution is -2.47. The molecule has 0 aliphatic carbocycles. The zero-order valence-electron chi connectivity index (χ0n) is 14.5. The van der Waals surface area contributed by atoms with Crippen molar-refractivity contribution in [1.82, 2.24) is 5.32 Å². The molecule has 0 aliphatic rings. The van der Waals surface area contributed by atoms with Crippen LogP contribution in [0.4, 0.5) is 4.79 Å². The molecule has 0 saturated carbocycles. The van der Waals surface area contributed by atoms with Gasteiger partial charge in [-0.05, 0) is 18.1 Å². The van der Waals surface area contributed by atoms with Crippen molar-refractivity contribution >= 4 is 6.09 Å². The summed E-state index contributed by atoms with van der Waals surface area (Å²) in [6, 6.07) is 17.9. The molecule has 0 radical (unpaired) electrons. The van der Waals surface area contributed by atoms with Crippen LogP contribution in [0.1, 0.15) is 18.1 Å². The van der Waals surface area contributed by atoms with E-state index in [0.717, 1.165) is 11.1 Å². The van der Waals surface area contributed by atoms with E-state index in [2.05, 4.69) is 5.32 Å². The van der Waals surface area contributed by atoms with E-state index in [1.807, 2.05) is 60.7 Å². The van der Waals surface area contributed by atoms with Crippen molar-refractivity contribution in [2.75, 3.05) is 6.54 Å². The molecule has 26 heavy (non-hydrogen) atoms. The molecule has 7 heteroatoms. The molecule has 0 saturated heterocycles. The van der Waals surface area contributed by atoms with Crippen LogP contribution in [0.3, 0.4) is 0 Å². The Kier molecular flexibility index (Phi) is 7.57. The van der Waals surface area contributed by atoms with Crippen LogP contribution in [-0.2, 0) is 22.7 Å². The summed E-state index contributed by atoms with van der Waals surface area (Å²) in [4.78, 5) is 22.4. The topological polar surface area (TPSA) is 90.7 Å². The molecule has 1 amide bonds. The average molecular weight is 358 g/mol. The number of amides is 1. The summed E-state index contributed by atoms with van der Waals surface area (Å²) in [5, 5.41) is 13.4. The van der Waals surface area contributed by atoms with E-state index in [0.29, 0.717) is 6.61 Å². The molecule has 2 aromatic rings. The highest BCUT2D eigenvalue weighted by Gasteiger charge is 2.26. The second kappa shape index (κ2) is 10.1. The van der Waals surface area contributed by atoms with Crippen LogP contribution in [0, 0.1) is 10.1 Å². The molecule has 2 atom stereocenters. The minimum Gasteiger partial charge on any atom is -0.445 e. The summed E-state index contributed by atoms with van der Waals surface area (Å²) in [7, 11) is 0. The van der Waals surface area contributed by atoms with Gasteiger partial charge in [0, 0.05) is 4.92 Å². The lowest BCUT2D eigenvalue weighted by Gasteiger charge is -2.22. The highest BCUT2D eigenvalue weighted by molar-refractivity contribution is 5.67. The molecule has 2 rings (SSSR count). The van der Waals surface area contributed by atoms with Crippen molar-refractivity contribution in [2.45, 2.75) is 32.3 Å². The van der Waals surface area contributed by atoms with Crippen molar-refractivity contribution < 1.29 is 19.2 Å². The lowest BCUT2D eigenvalue weighted by atomic mass is 10.2. The number of nitro groups is 1. The van der Waals surface area contributed by atoms with E-state index >= 15 is 0 Å². The molecule has 0 aliphatic heterocycles. The molecular weight excluding hydrogens is 336 g/mol. The van der Waals surface area contributed by atoms with E-state index in [1.165, 1.54) is 0 Å². The van der Waals surface area contributed by atoms with Crippen LogP contribution >= 0.6 is 0 Å². The molecule has 7 nitrogen and oxygen atoms in total. The third-order valence-electron chi connectivity index (χ3n) is 3.78. The fourth-order valence-corrected chi connectivity index (χ4v) is 2.31. The highest BCUT2D eigenvalue weighted by atomic mass is 16.6. The molecule has 0 heterocycles. The van der Waals surface area contributed by atoms with Crippen LogP contribution in [0.15, 0.2) is 60.7 Å². The van der Waals surface area contributed by atoms with Crippen LogP contribution in [-0.4, -0.2) is 29.7 Å². The van der Waals surface area contributed by atoms with Crippen molar-refractivity contribution in [1.29, 1.82) is 0 Å². The minimum absolute atomic E-state index is 0.0944. The van der Waals surface area contributed by atoms with Gasteiger partial charge in [0.15, 0.2) is 0 Å². The van der Waals surface area contributed by atoms with Gasteiger partial charge in [0.2, 0.25) is 6.54 Å². The van der Waals surface area contributed by atoms with Crippen molar-refractivity contribution in [3.63, 3.8) is 0 Å². The second-order valence-corrected chi connectivity index (χ2v) is 5.83. The van der Waals surface area contributed by atoms with Gasteiger partial charge < -0.3 is 14.8 Å². The Morgan fingerprint density at radius 2 is 1.58 bits per heavy atom. The Labute approximate surface area is 152 Å². The van der Waals surface area contributed by atoms with Gasteiger partial charge in [-0.2, -0.15) is 0 Å². The maximum absolute atomic E-state index is 12.0. The Hall–Kier alpha value is -2.93. The standard InChI is InChI=1S/C19H22N2O5/c1-15(25-13-16-8-4-2-5-9-16)18(12-21(23)24)20-19(22)26-14-17-10-6-3-7-11-17/h2-11,15,18H,12-14H2,1H3,(H,20,22)/t15-,18?/m0/s1. The molecule has 0 fully saturated rings. The third kappa shape index (κ3) is 6.90. The molecule has 0 bridgehead atoms. The molecule has 0 spiro atoms. The maximum Gasteiger partial charge on any atom is 0.408 e. The summed E-state index contributed by atoms with van der Waals surface area (Å²) in [5.74, 6) is 0. The lowest BCUT2D eigenvalue weighted by molar-refractivity contribution is -0.485. The zero-order valence-corrected chi connectivity index (χ0v) is 14.5. The Balaban J connectivity index is 1.86. The van der Waals surface area contributed by atoms with E-state index in [9.17, 15) is 14.9 Å². The van der Waals surface area contributed by atoms with Crippen molar-refractivity contribution in [3.8, 4) is 0 Å². The number of nitrogens with zero attached hydrogens (tertiary/aromatic N) is 1. The fourth-order valence-electron chi connectivity index (χ4n) is 2.31. The number of alkyl carbamates (subject to hydrolysis) is 1. The Morgan fingerprint density at radius 1 is 1.04 bits per heavy atom. The minimum atomic E-state index is -0.794. The van der Waals surface area contributed by atoms with Crippen LogP contribution in [0.5, 0.6) is 0 Å². The van der Waals surface area contributed by atoms with Gasteiger partial charge in [-0.3, -0.25) is 10.1 Å². The van der Waals surface area contributed by atoms with Gasteiger partial charge in [0.1, 0.15) is 12.6 Å². The number of hydrogen-bond acceptors (Lipinski definition) is 5. The van der Waals surface area contributed by atoms with E-state index in [-0.39, 0.29) is 6.61 Å². The maximum atomic E-state index is 12.0. The van der Waals surface area contributed by atoms with E-state index < -0.39 is 29.7 Å². The summed E-state index contributed by atoms with van der Waals surface area (Å²) in [5.41, 5.74) is 1.78. The molecule has 138 valence electrons. The van der Waals surface area contributed by atoms with Gasteiger partial charge in [-0.15, -0.1) is 0 Å². The van der Waals surface area contributed by atoms with E-state index in [1.54, 1.807) is 6.92 Å². The molecule has 1 unspecified atom stereocenters. The number of rotatable bonds is 9. The van der Waals surface area contributed by atoms with Crippen LogP contribution < -0.4 is 5.32 Å². The van der Waals surface area contributed by atoms with Gasteiger partial charge in [0.25, 0.3) is 0 Å². The van der Waals surface area contributed by atoms with Gasteiger partial charge in [-0.1, -0.05) is 60.7 Å². The first-order chi connectivity index (χ1) is 12.5. The molecule has 0 aromatic heterocycles. The number of nitrogens with one attached hydrogen (secondary N) is 1. The highest BCUT2D eigenvalue weighted by Crippen LogP contribution is 2.08. The second-order valence-electron chi connectivity index (χ2n) is 5.83. The summed E-state index contributed by atoms with van der Waals surface area (Å²) in [6.07, 6.45) is -1.26. The normalized spacial score (nSPS) is 12.8. The van der Waals surface area contributed by atoms with E-state index in [4.69, 9.17) is 9.47 Å². The number of carbonyl (C=O) groups excluding carboxylic acids is 1. The molecule has 2 aromatic carbocycles. The average Bonchev–Trinajstić information content (AvgIpc) is 2.65. The van der Waals surface area contributed by atoms with Crippen molar-refractivity contribution in [2.24, 2.45) is 0 Å². The number of benzene rings is 2. The first-order valence-electron chi connectivity index (χ1n) is 8.29. The van der Waals surface area contributed by atoms with Gasteiger partial charge >= 0.3 is 6.09 Å². The van der Waals surface area contributed by atoms with Crippen LogP contribution in [0.2, 0.25) is 0 Å². The van der Waals surface area contributed by atoms with Crippen LogP contribution in [0.25, 0.3) is 0 Å². The Morgan fingerprint density at radius 3 is 2.12 bits per heavy atom. The first kappa shape index (κ1) is 19.4. The monoisotopic (exact) mass is 358 g/mol. The largest absolute Gasteiger partial charge is 0.445 e. The molecule has 1 N–H and O–H groups in total. The summed E-state index contributed by atoms with van der Waals surface area (Å²) in [6.45, 7) is 1.64. The smallest absolute Gasteiger partial charge is 0.408 e. The summed E-state index contributed by atoms with van der Waals surface area (Å²) < 4.78 is 10.8. The quantitative estimate of drug-likeness (QED) is 0.549. The van der Waals surface area contributed by atoms with Gasteiger partial charge in [0.05, 0.1) is 12.7 Å².